The van der Waals surface area contributed by atoms with E-state index in [4.69, 9.17) is 4.74 Å². The highest BCUT2D eigenvalue weighted by Gasteiger charge is 2.20. The highest BCUT2D eigenvalue weighted by molar-refractivity contribution is 6.06. The molecule has 0 fully saturated rings. The number of nitrogens with one attached hydrogen (secondary N) is 1. The first-order valence-corrected chi connectivity index (χ1v) is 7.28. The number of carbonyl (C=O) groups excluding carboxylic acids is 2. The number of para-hydroxylation sites is 1. The third-order valence-electron chi connectivity index (χ3n) is 3.62. The minimum Gasteiger partial charge on any atom is -0.492 e. The molecule has 2 aromatic rings. The van der Waals surface area contributed by atoms with Gasteiger partial charge in [-0.2, -0.15) is 0 Å². The van der Waals surface area contributed by atoms with Gasteiger partial charge in [0.05, 0.1) is 12.2 Å². The van der Waals surface area contributed by atoms with Crippen LogP contribution in [0.25, 0.3) is 0 Å². The topological polar surface area (TPSA) is 55.4 Å². The number of carbonyl (C=O) groups is 2. The van der Waals surface area contributed by atoms with Crippen LogP contribution < -0.4 is 10.1 Å². The van der Waals surface area contributed by atoms with Crippen molar-refractivity contribution >= 4 is 17.4 Å². The Morgan fingerprint density at radius 3 is 2.64 bits per heavy atom. The first-order chi connectivity index (χ1) is 10.6. The molecular weight excluding hydrogens is 278 g/mol. The summed E-state index contributed by atoms with van der Waals surface area (Å²) in [5.74, 6) is 0.625. The molecule has 1 N–H and O–H groups in total. The van der Waals surface area contributed by atoms with Gasteiger partial charge in [-0.3, -0.25) is 9.59 Å². The summed E-state index contributed by atoms with van der Waals surface area (Å²) in [6.45, 7) is 2.19. The smallest absolute Gasteiger partial charge is 0.259 e. The monoisotopic (exact) mass is 295 g/mol. The molecule has 112 valence electrons. The van der Waals surface area contributed by atoms with Gasteiger partial charge in [0.1, 0.15) is 11.5 Å². The third-order valence-corrected chi connectivity index (χ3v) is 3.62. The number of hydrogen-bond acceptors (Lipinski definition) is 3. The molecule has 0 unspecified atom stereocenters. The van der Waals surface area contributed by atoms with Gasteiger partial charge < -0.3 is 10.1 Å². The average Bonchev–Trinajstić information content (AvgIpc) is 2.97. The number of Topliss-reactive ketones (excluding diaryl/α,β-unsaturated/α-hetero) is 1. The van der Waals surface area contributed by atoms with Crippen LogP contribution in [0.15, 0.2) is 42.5 Å². The summed E-state index contributed by atoms with van der Waals surface area (Å²) < 4.78 is 5.55. The molecule has 4 nitrogen and oxygen atoms in total. The standard InChI is InChI=1S/C18H17NO3/c1-12(20)11-13-5-7-15(8-6-13)19-18(21)16-4-2-3-14-9-10-22-17(14)16/h2-8H,9-11H2,1H3,(H,19,21). The Balaban J connectivity index is 1.75. The Bertz CT molecular complexity index is 720. The molecular formula is C18H17NO3. The van der Waals surface area contributed by atoms with E-state index in [1.165, 1.54) is 0 Å². The third kappa shape index (κ3) is 3.01. The molecule has 0 saturated carbocycles. The van der Waals surface area contributed by atoms with E-state index in [0.29, 0.717) is 30.0 Å². The lowest BCUT2D eigenvalue weighted by Crippen LogP contribution is -2.13. The number of ether oxygens (including phenoxy) is 1. The van der Waals surface area contributed by atoms with Gasteiger partial charge in [-0.05, 0) is 36.2 Å². The van der Waals surface area contributed by atoms with E-state index < -0.39 is 0 Å². The maximum atomic E-state index is 12.4. The zero-order valence-electron chi connectivity index (χ0n) is 12.4. The normalized spacial score (nSPS) is 12.4. The summed E-state index contributed by atoms with van der Waals surface area (Å²) in [4.78, 5) is 23.5. The van der Waals surface area contributed by atoms with Crippen molar-refractivity contribution in [1.82, 2.24) is 0 Å². The second kappa shape index (κ2) is 6.02. The van der Waals surface area contributed by atoms with Crippen molar-refractivity contribution in [1.29, 1.82) is 0 Å². The summed E-state index contributed by atoms with van der Waals surface area (Å²) in [6.07, 6.45) is 1.25. The SMILES string of the molecule is CC(=O)Cc1ccc(NC(=O)c2cccc3c2OCC3)cc1. The number of fused-ring (bicyclic) bond motifs is 1. The molecule has 1 amide bonds. The van der Waals surface area contributed by atoms with Gasteiger partial charge in [-0.25, -0.2) is 0 Å². The van der Waals surface area contributed by atoms with Crippen LogP contribution in [0, 0.1) is 0 Å². The van der Waals surface area contributed by atoms with Crippen LogP contribution in [0.1, 0.15) is 28.4 Å². The van der Waals surface area contributed by atoms with E-state index in [2.05, 4.69) is 5.32 Å². The summed E-state index contributed by atoms with van der Waals surface area (Å²) >= 11 is 0. The molecule has 1 aliphatic rings. The van der Waals surface area contributed by atoms with Gasteiger partial charge >= 0.3 is 0 Å². The maximum Gasteiger partial charge on any atom is 0.259 e. The van der Waals surface area contributed by atoms with Gasteiger partial charge in [0.25, 0.3) is 5.91 Å². The largest absolute Gasteiger partial charge is 0.492 e. The summed E-state index contributed by atoms with van der Waals surface area (Å²) in [5.41, 5.74) is 3.27. The quantitative estimate of drug-likeness (QED) is 0.943. The molecule has 0 spiro atoms. The first kappa shape index (κ1) is 14.3. The summed E-state index contributed by atoms with van der Waals surface area (Å²) in [6, 6.07) is 12.9. The molecule has 0 bridgehead atoms. The zero-order chi connectivity index (χ0) is 15.5. The van der Waals surface area contributed by atoms with Crippen molar-refractivity contribution in [3.8, 4) is 5.75 Å². The van der Waals surface area contributed by atoms with E-state index in [-0.39, 0.29) is 11.7 Å². The van der Waals surface area contributed by atoms with Crippen LogP contribution in [0.4, 0.5) is 5.69 Å². The zero-order valence-corrected chi connectivity index (χ0v) is 12.4. The average molecular weight is 295 g/mol. The number of hydrogen-bond donors (Lipinski definition) is 1. The predicted molar refractivity (Wildman–Crippen MR) is 84.4 cm³/mol. The number of anilines is 1. The molecule has 1 heterocycles. The van der Waals surface area contributed by atoms with E-state index in [9.17, 15) is 9.59 Å². The van der Waals surface area contributed by atoms with Crippen molar-refractivity contribution in [3.63, 3.8) is 0 Å². The molecule has 0 aromatic heterocycles. The van der Waals surface area contributed by atoms with Crippen molar-refractivity contribution in [3.05, 3.63) is 59.2 Å². The Hall–Kier alpha value is -2.62. The molecule has 0 atom stereocenters. The second-order valence-electron chi connectivity index (χ2n) is 5.42. The van der Waals surface area contributed by atoms with Crippen LogP contribution in [-0.2, 0) is 17.6 Å². The number of benzene rings is 2. The molecule has 0 radical (unpaired) electrons. The van der Waals surface area contributed by atoms with Gasteiger partial charge in [-0.1, -0.05) is 24.3 Å². The Morgan fingerprint density at radius 1 is 1.14 bits per heavy atom. The van der Waals surface area contributed by atoms with Crippen molar-refractivity contribution in [2.75, 3.05) is 11.9 Å². The molecule has 3 rings (SSSR count). The van der Waals surface area contributed by atoms with Crippen molar-refractivity contribution in [2.45, 2.75) is 19.8 Å². The van der Waals surface area contributed by atoms with Gasteiger partial charge in [-0.15, -0.1) is 0 Å². The second-order valence-corrected chi connectivity index (χ2v) is 5.42. The van der Waals surface area contributed by atoms with E-state index in [0.717, 1.165) is 17.5 Å². The van der Waals surface area contributed by atoms with Crippen LogP contribution in [-0.4, -0.2) is 18.3 Å². The molecule has 4 heteroatoms. The minimum atomic E-state index is -0.182. The van der Waals surface area contributed by atoms with Crippen LogP contribution >= 0.6 is 0 Å². The van der Waals surface area contributed by atoms with E-state index in [1.54, 1.807) is 25.1 Å². The number of rotatable bonds is 4. The van der Waals surface area contributed by atoms with Gasteiger partial charge in [0.2, 0.25) is 0 Å². The van der Waals surface area contributed by atoms with Gasteiger partial charge in [0.15, 0.2) is 0 Å². The van der Waals surface area contributed by atoms with E-state index in [1.807, 2.05) is 24.3 Å². The number of ketones is 1. The lowest BCUT2D eigenvalue weighted by atomic mass is 10.1. The van der Waals surface area contributed by atoms with Crippen LogP contribution in [0.5, 0.6) is 5.75 Å². The Labute approximate surface area is 129 Å². The van der Waals surface area contributed by atoms with Crippen LogP contribution in [0.3, 0.4) is 0 Å². The highest BCUT2D eigenvalue weighted by Crippen LogP contribution is 2.29. The fourth-order valence-electron chi connectivity index (χ4n) is 2.59. The molecule has 0 aliphatic carbocycles. The summed E-state index contributed by atoms with van der Waals surface area (Å²) in [5, 5.41) is 2.86. The maximum absolute atomic E-state index is 12.4. The molecule has 1 aliphatic heterocycles. The lowest BCUT2D eigenvalue weighted by Gasteiger charge is -2.09. The fourth-order valence-corrected chi connectivity index (χ4v) is 2.59. The fraction of sp³-hybridized carbons (Fsp3) is 0.222. The summed E-state index contributed by atoms with van der Waals surface area (Å²) in [7, 11) is 0. The number of amides is 1. The Kier molecular flexibility index (Phi) is 3.92. The Morgan fingerprint density at radius 2 is 1.91 bits per heavy atom. The molecule has 22 heavy (non-hydrogen) atoms. The molecule has 2 aromatic carbocycles. The highest BCUT2D eigenvalue weighted by atomic mass is 16.5. The first-order valence-electron chi connectivity index (χ1n) is 7.28. The lowest BCUT2D eigenvalue weighted by molar-refractivity contribution is -0.116. The molecule has 0 saturated heterocycles. The minimum absolute atomic E-state index is 0.119. The van der Waals surface area contributed by atoms with Crippen molar-refractivity contribution in [2.24, 2.45) is 0 Å². The van der Waals surface area contributed by atoms with Gasteiger partial charge in [0, 0.05) is 18.5 Å². The van der Waals surface area contributed by atoms with E-state index >= 15 is 0 Å². The van der Waals surface area contributed by atoms with Crippen molar-refractivity contribution < 1.29 is 14.3 Å². The predicted octanol–water partition coefficient (Wildman–Crippen LogP) is 3.01. The van der Waals surface area contributed by atoms with Crippen LogP contribution in [0.2, 0.25) is 0 Å².